The van der Waals surface area contributed by atoms with Gasteiger partial charge in [0, 0.05) is 40.1 Å². The first-order chi connectivity index (χ1) is 9.70. The minimum atomic E-state index is -0.541. The van der Waals surface area contributed by atoms with Crippen LogP contribution in [-0.2, 0) is 12.0 Å². The Morgan fingerprint density at radius 1 is 1.29 bits per heavy atom. The van der Waals surface area contributed by atoms with E-state index in [2.05, 4.69) is 44.9 Å². The van der Waals surface area contributed by atoms with Crippen molar-refractivity contribution in [2.24, 2.45) is 5.41 Å². The maximum absolute atomic E-state index is 9.52. The lowest BCUT2D eigenvalue weighted by Gasteiger charge is -2.23. The monoisotopic (exact) mass is 348 g/mol. The quantitative estimate of drug-likeness (QED) is 0.898. The van der Waals surface area contributed by atoms with Crippen molar-refractivity contribution in [3.8, 4) is 6.07 Å². The Balaban J connectivity index is 2.67. The van der Waals surface area contributed by atoms with Crippen molar-refractivity contribution in [1.29, 1.82) is 5.26 Å². The van der Waals surface area contributed by atoms with Crippen molar-refractivity contribution >= 4 is 26.8 Å². The molecule has 0 saturated carbocycles. The third-order valence-electron chi connectivity index (χ3n) is 3.82. The van der Waals surface area contributed by atoms with E-state index < -0.39 is 5.41 Å². The topological polar surface area (TPSA) is 49.0 Å². The van der Waals surface area contributed by atoms with Crippen LogP contribution in [0.15, 0.2) is 28.9 Å². The second kappa shape index (κ2) is 5.47. The van der Waals surface area contributed by atoms with Gasteiger partial charge >= 0.3 is 0 Å². The van der Waals surface area contributed by atoms with Crippen LogP contribution in [0.5, 0.6) is 0 Å². The van der Waals surface area contributed by atoms with Crippen molar-refractivity contribution in [2.45, 2.75) is 39.7 Å². The Morgan fingerprint density at radius 2 is 1.95 bits per heavy atom. The molecular formula is C17H21BrN2O. The van der Waals surface area contributed by atoms with Crippen molar-refractivity contribution in [1.82, 2.24) is 4.57 Å². The third-order valence-corrected chi connectivity index (χ3v) is 4.32. The van der Waals surface area contributed by atoms with Gasteiger partial charge in [-0.2, -0.15) is 5.26 Å². The molecule has 0 saturated heterocycles. The van der Waals surface area contributed by atoms with Crippen LogP contribution in [0.25, 0.3) is 10.9 Å². The molecule has 4 heteroatoms. The molecule has 2 aromatic rings. The summed E-state index contributed by atoms with van der Waals surface area (Å²) in [4.78, 5) is 0. The molecule has 3 nitrogen and oxygen atoms in total. The summed E-state index contributed by atoms with van der Waals surface area (Å²) in [5.41, 5.74) is 1.37. The molecule has 0 atom stereocenters. The molecule has 0 aliphatic rings. The SMILES string of the molecule is CC(C)(CO)Cn1cc(C(C)(C)C#N)c2ccc(Br)cc21. The molecule has 0 aliphatic carbocycles. The average molecular weight is 349 g/mol. The van der Waals surface area contributed by atoms with Gasteiger partial charge in [0.25, 0.3) is 0 Å². The molecule has 0 fully saturated rings. The van der Waals surface area contributed by atoms with Gasteiger partial charge in [-0.05, 0) is 31.5 Å². The standard InChI is InChI=1S/C17H21BrN2O/c1-16(2,11-21)10-20-8-14(17(3,4)9-19)13-6-5-12(18)7-15(13)20/h5-8,21H,10-11H2,1-4H3. The predicted octanol–water partition coefficient (Wildman–Crippen LogP) is 4.22. The van der Waals surface area contributed by atoms with Crippen LogP contribution in [0.4, 0.5) is 0 Å². The Hall–Kier alpha value is -1.31. The molecule has 1 aromatic carbocycles. The zero-order valence-corrected chi connectivity index (χ0v) is 14.5. The highest BCUT2D eigenvalue weighted by molar-refractivity contribution is 9.10. The van der Waals surface area contributed by atoms with E-state index in [4.69, 9.17) is 0 Å². The van der Waals surface area contributed by atoms with Crippen LogP contribution < -0.4 is 0 Å². The summed E-state index contributed by atoms with van der Waals surface area (Å²) in [7, 11) is 0. The fourth-order valence-electron chi connectivity index (χ4n) is 2.47. The van der Waals surface area contributed by atoms with Gasteiger partial charge in [0.15, 0.2) is 0 Å². The van der Waals surface area contributed by atoms with E-state index in [9.17, 15) is 10.4 Å². The number of nitriles is 1. The number of rotatable bonds is 4. The number of fused-ring (bicyclic) bond motifs is 1. The predicted molar refractivity (Wildman–Crippen MR) is 89.1 cm³/mol. The smallest absolute Gasteiger partial charge is 0.0787 e. The Labute approximate surface area is 134 Å². The zero-order chi connectivity index (χ0) is 15.8. The van der Waals surface area contributed by atoms with Crippen molar-refractivity contribution in [3.05, 3.63) is 34.4 Å². The number of halogens is 1. The molecule has 0 radical (unpaired) electrons. The summed E-state index contributed by atoms with van der Waals surface area (Å²) in [5, 5.41) is 20.1. The number of nitrogens with zero attached hydrogens (tertiary/aromatic N) is 2. The molecule has 1 N–H and O–H groups in total. The fraction of sp³-hybridized carbons (Fsp3) is 0.471. The molecule has 112 valence electrons. The first-order valence-corrected chi connectivity index (χ1v) is 7.80. The molecule has 0 spiro atoms. The van der Waals surface area contributed by atoms with Gasteiger partial charge in [0.2, 0.25) is 0 Å². The lowest BCUT2D eigenvalue weighted by Crippen LogP contribution is -2.23. The average Bonchev–Trinajstić information content (AvgIpc) is 2.77. The molecule has 0 aliphatic heterocycles. The third kappa shape index (κ3) is 3.14. The van der Waals surface area contributed by atoms with Crippen LogP contribution >= 0.6 is 15.9 Å². The van der Waals surface area contributed by atoms with Crippen molar-refractivity contribution < 1.29 is 5.11 Å². The minimum absolute atomic E-state index is 0.123. The second-order valence-corrected chi connectivity index (χ2v) is 7.81. The van der Waals surface area contributed by atoms with Crippen molar-refractivity contribution in [3.63, 3.8) is 0 Å². The molecule has 21 heavy (non-hydrogen) atoms. The summed E-state index contributed by atoms with van der Waals surface area (Å²) in [6.45, 7) is 8.77. The first-order valence-electron chi connectivity index (χ1n) is 7.01. The lowest BCUT2D eigenvalue weighted by atomic mass is 9.86. The van der Waals surface area contributed by atoms with Crippen LogP contribution in [0.2, 0.25) is 0 Å². The van der Waals surface area contributed by atoms with E-state index in [0.29, 0.717) is 6.54 Å². The van der Waals surface area contributed by atoms with Gasteiger partial charge in [-0.3, -0.25) is 0 Å². The summed E-state index contributed by atoms with van der Waals surface area (Å²) >= 11 is 3.51. The number of benzene rings is 1. The van der Waals surface area contributed by atoms with Gasteiger partial charge in [-0.15, -0.1) is 0 Å². The van der Waals surface area contributed by atoms with E-state index in [1.807, 2.05) is 33.8 Å². The lowest BCUT2D eigenvalue weighted by molar-refractivity contribution is 0.142. The Kier molecular flexibility index (Phi) is 4.19. The van der Waals surface area contributed by atoms with E-state index in [-0.39, 0.29) is 12.0 Å². The number of aliphatic hydroxyl groups is 1. The largest absolute Gasteiger partial charge is 0.396 e. The van der Waals surface area contributed by atoms with Crippen LogP contribution in [0, 0.1) is 16.7 Å². The van der Waals surface area contributed by atoms with E-state index in [1.54, 1.807) is 0 Å². The highest BCUT2D eigenvalue weighted by Crippen LogP contribution is 2.34. The summed E-state index contributed by atoms with van der Waals surface area (Å²) in [6.07, 6.45) is 2.05. The van der Waals surface area contributed by atoms with Gasteiger partial charge in [-0.25, -0.2) is 0 Å². The molecule has 0 bridgehead atoms. The molecular weight excluding hydrogens is 328 g/mol. The molecule has 0 unspecified atom stereocenters. The first kappa shape index (κ1) is 16.1. The summed E-state index contributed by atoms with van der Waals surface area (Å²) in [6, 6.07) is 8.50. The van der Waals surface area contributed by atoms with Crippen LogP contribution in [0.1, 0.15) is 33.3 Å². The maximum atomic E-state index is 9.52. The van der Waals surface area contributed by atoms with Crippen LogP contribution in [0.3, 0.4) is 0 Å². The maximum Gasteiger partial charge on any atom is 0.0787 e. The highest BCUT2D eigenvalue weighted by atomic mass is 79.9. The van der Waals surface area contributed by atoms with Gasteiger partial charge in [-0.1, -0.05) is 35.8 Å². The molecule has 1 aromatic heterocycles. The van der Waals surface area contributed by atoms with Gasteiger partial charge in [0.05, 0.1) is 11.5 Å². The van der Waals surface area contributed by atoms with E-state index >= 15 is 0 Å². The summed E-state index contributed by atoms with van der Waals surface area (Å²) < 4.78 is 3.16. The Bertz CT molecular complexity index is 707. The Morgan fingerprint density at radius 3 is 2.52 bits per heavy atom. The summed E-state index contributed by atoms with van der Waals surface area (Å²) in [5.74, 6) is 0. The van der Waals surface area contributed by atoms with Gasteiger partial charge < -0.3 is 9.67 Å². The van der Waals surface area contributed by atoms with Crippen molar-refractivity contribution in [2.75, 3.05) is 6.61 Å². The number of hydrogen-bond donors (Lipinski definition) is 1. The molecule has 1 heterocycles. The second-order valence-electron chi connectivity index (χ2n) is 6.89. The fourth-order valence-corrected chi connectivity index (χ4v) is 2.81. The van der Waals surface area contributed by atoms with Gasteiger partial charge in [0.1, 0.15) is 0 Å². The zero-order valence-electron chi connectivity index (χ0n) is 12.9. The molecule has 2 rings (SSSR count). The van der Waals surface area contributed by atoms with E-state index in [0.717, 1.165) is 20.9 Å². The normalized spacial score (nSPS) is 12.6. The van der Waals surface area contributed by atoms with E-state index in [1.165, 1.54) is 0 Å². The number of hydrogen-bond acceptors (Lipinski definition) is 2. The minimum Gasteiger partial charge on any atom is -0.396 e. The number of aliphatic hydroxyl groups excluding tert-OH is 1. The number of aromatic nitrogens is 1. The highest BCUT2D eigenvalue weighted by Gasteiger charge is 2.26. The van der Waals surface area contributed by atoms with Crippen LogP contribution in [-0.4, -0.2) is 16.3 Å². The molecule has 0 amide bonds.